The summed E-state index contributed by atoms with van der Waals surface area (Å²) in [6.45, 7) is 14.8. The van der Waals surface area contributed by atoms with Gasteiger partial charge in [0, 0.05) is 36.4 Å². The molecule has 1 aliphatic heterocycles. The van der Waals surface area contributed by atoms with Crippen molar-refractivity contribution in [1.29, 1.82) is 0 Å². The van der Waals surface area contributed by atoms with Crippen LogP contribution in [0.3, 0.4) is 0 Å². The Morgan fingerprint density at radius 3 is 2.46 bits per heavy atom. The van der Waals surface area contributed by atoms with Crippen LogP contribution in [0.2, 0.25) is 0 Å². The first kappa shape index (κ1) is 28.3. The number of amides is 1. The normalized spacial score (nSPS) is 16.8. The van der Waals surface area contributed by atoms with Gasteiger partial charge in [0.25, 0.3) is 15.9 Å². The molecule has 1 aliphatic rings. The average molecular weight is 552 g/mol. The van der Waals surface area contributed by atoms with E-state index in [1.54, 1.807) is 12.1 Å². The summed E-state index contributed by atoms with van der Waals surface area (Å²) < 4.78 is 28.1. The largest absolute Gasteiger partial charge is 0.384 e. The van der Waals surface area contributed by atoms with Crippen LogP contribution in [0.25, 0.3) is 11.3 Å². The van der Waals surface area contributed by atoms with E-state index >= 15 is 0 Å². The predicted octanol–water partition coefficient (Wildman–Crippen LogP) is 4.02. The van der Waals surface area contributed by atoms with Crippen molar-refractivity contribution in [1.82, 2.24) is 19.7 Å². The number of nitrogens with one attached hydrogen (secondary N) is 1. The van der Waals surface area contributed by atoms with Crippen LogP contribution in [0.5, 0.6) is 0 Å². The molecule has 0 saturated carbocycles. The van der Waals surface area contributed by atoms with Crippen molar-refractivity contribution in [2.75, 3.05) is 35.2 Å². The monoisotopic (exact) mass is 551 g/mol. The zero-order chi connectivity index (χ0) is 28.5. The van der Waals surface area contributed by atoms with E-state index in [0.717, 1.165) is 36.6 Å². The van der Waals surface area contributed by atoms with Crippen LogP contribution in [0, 0.1) is 12.8 Å². The second-order valence-electron chi connectivity index (χ2n) is 10.4. The second-order valence-corrected chi connectivity index (χ2v) is 12.1. The van der Waals surface area contributed by atoms with Crippen LogP contribution in [0.1, 0.15) is 57.1 Å². The van der Waals surface area contributed by atoms with Gasteiger partial charge in [-0.2, -0.15) is 8.42 Å². The lowest BCUT2D eigenvalue weighted by Crippen LogP contribution is -2.43. The predicted molar refractivity (Wildman–Crippen MR) is 154 cm³/mol. The Balaban J connectivity index is 1.80. The molecule has 10 nitrogen and oxygen atoms in total. The van der Waals surface area contributed by atoms with Crippen LogP contribution in [0.15, 0.2) is 47.5 Å². The molecule has 4 heterocycles. The van der Waals surface area contributed by atoms with Crippen molar-refractivity contribution in [3.8, 4) is 11.3 Å². The van der Waals surface area contributed by atoms with Crippen molar-refractivity contribution < 1.29 is 13.2 Å². The molecule has 4 rings (SSSR count). The summed E-state index contributed by atoms with van der Waals surface area (Å²) in [4.78, 5) is 31.3. The molecule has 0 radical (unpaired) electrons. The molecule has 3 N–H and O–H groups in total. The summed E-state index contributed by atoms with van der Waals surface area (Å²) in [5, 5.41) is -0.326. The molecule has 11 heteroatoms. The van der Waals surface area contributed by atoms with Crippen molar-refractivity contribution in [2.45, 2.75) is 58.5 Å². The van der Waals surface area contributed by atoms with Gasteiger partial charge >= 0.3 is 0 Å². The minimum Gasteiger partial charge on any atom is -0.384 e. The number of nitrogen functional groups attached to an aromatic ring is 1. The van der Waals surface area contributed by atoms with Crippen molar-refractivity contribution in [3.05, 3.63) is 53.7 Å². The van der Waals surface area contributed by atoms with Crippen LogP contribution in [-0.4, -0.2) is 54.5 Å². The van der Waals surface area contributed by atoms with Crippen LogP contribution >= 0.6 is 0 Å². The topological polar surface area (TPSA) is 134 Å². The number of carbonyl (C=O) groups excluding carboxylic acids is 1. The number of aromatic nitrogens is 3. The lowest BCUT2D eigenvalue weighted by atomic mass is 9.90. The fraction of sp³-hybridized carbons (Fsp3) is 0.429. The maximum absolute atomic E-state index is 13.5. The Morgan fingerprint density at radius 1 is 1.13 bits per heavy atom. The summed E-state index contributed by atoms with van der Waals surface area (Å²) in [6.07, 6.45) is 0.923. The maximum Gasteiger partial charge on any atom is 0.281 e. The van der Waals surface area contributed by atoms with Crippen molar-refractivity contribution >= 4 is 33.4 Å². The Hall–Kier alpha value is -3.73. The number of sulfonamides is 1. The molecule has 0 aromatic carbocycles. The zero-order valence-electron chi connectivity index (χ0n) is 23.4. The maximum atomic E-state index is 13.5. The summed E-state index contributed by atoms with van der Waals surface area (Å²) in [7, 11) is -4.25. The van der Waals surface area contributed by atoms with E-state index in [0.29, 0.717) is 24.0 Å². The van der Waals surface area contributed by atoms with Gasteiger partial charge in [-0.15, -0.1) is 0 Å². The molecule has 1 unspecified atom stereocenters. The minimum absolute atomic E-state index is 0.0431. The summed E-state index contributed by atoms with van der Waals surface area (Å²) in [5.41, 5.74) is 7.95. The molecular weight excluding hydrogens is 514 g/mol. The van der Waals surface area contributed by atoms with Crippen molar-refractivity contribution in [3.63, 3.8) is 0 Å². The smallest absolute Gasteiger partial charge is 0.281 e. The van der Waals surface area contributed by atoms with Crippen LogP contribution < -0.4 is 20.3 Å². The van der Waals surface area contributed by atoms with Gasteiger partial charge in [-0.3, -0.25) is 4.79 Å². The number of carbonyl (C=O) groups is 1. The molecule has 0 aliphatic carbocycles. The first-order valence-corrected chi connectivity index (χ1v) is 14.7. The van der Waals surface area contributed by atoms with E-state index in [9.17, 15) is 13.2 Å². The van der Waals surface area contributed by atoms with Gasteiger partial charge in [0.1, 0.15) is 17.5 Å². The van der Waals surface area contributed by atoms with E-state index in [2.05, 4.69) is 54.1 Å². The number of nitrogens with zero attached hydrogens (tertiary/aromatic N) is 5. The van der Waals surface area contributed by atoms with E-state index in [1.165, 1.54) is 18.2 Å². The number of hydrogen-bond acceptors (Lipinski definition) is 9. The van der Waals surface area contributed by atoms with Gasteiger partial charge in [-0.25, -0.2) is 19.7 Å². The molecule has 39 heavy (non-hydrogen) atoms. The standard InChI is InChI=1S/C28H37N7O3S/c1-7-34(8-2)24-17-20(16-19(4)30-24)22-13-12-21(26(31-22)35-15-14-18(3)28(35,5)6)27(36)33-39(37,38)25-11-9-10-23(29)32-25/h9-13,16-18H,7-8,14-15H2,1-6H3,(H2,29,32)(H,33,36). The molecule has 1 fully saturated rings. The fourth-order valence-electron chi connectivity index (χ4n) is 4.92. The van der Waals surface area contributed by atoms with Crippen LogP contribution in [0.4, 0.5) is 17.5 Å². The Labute approximate surface area is 230 Å². The number of aryl methyl sites for hydroxylation is 1. The van der Waals surface area contributed by atoms with E-state index in [1.807, 2.05) is 19.1 Å². The zero-order valence-corrected chi connectivity index (χ0v) is 24.2. The van der Waals surface area contributed by atoms with E-state index < -0.39 is 15.9 Å². The number of pyridine rings is 3. The Morgan fingerprint density at radius 2 is 1.85 bits per heavy atom. The highest BCUT2D eigenvalue weighted by molar-refractivity contribution is 7.90. The summed E-state index contributed by atoms with van der Waals surface area (Å²) >= 11 is 0. The first-order valence-electron chi connectivity index (χ1n) is 13.2. The van der Waals surface area contributed by atoms with Gasteiger partial charge in [0.2, 0.25) is 0 Å². The van der Waals surface area contributed by atoms with Gasteiger partial charge < -0.3 is 15.5 Å². The molecule has 0 spiro atoms. The lowest BCUT2D eigenvalue weighted by Gasteiger charge is -2.36. The lowest BCUT2D eigenvalue weighted by molar-refractivity contribution is 0.0981. The first-order chi connectivity index (χ1) is 18.4. The summed E-state index contributed by atoms with van der Waals surface area (Å²) in [6, 6.07) is 11.6. The number of anilines is 3. The second kappa shape index (κ2) is 10.8. The van der Waals surface area contributed by atoms with Gasteiger partial charge in [-0.05, 0) is 83.4 Å². The van der Waals surface area contributed by atoms with Crippen LogP contribution in [-0.2, 0) is 10.0 Å². The molecule has 0 bridgehead atoms. The fourth-order valence-corrected chi connectivity index (χ4v) is 5.86. The third kappa shape index (κ3) is 5.68. The molecular formula is C28H37N7O3S. The quantitative estimate of drug-likeness (QED) is 0.426. The number of rotatable bonds is 8. The summed E-state index contributed by atoms with van der Waals surface area (Å²) in [5.74, 6) is 0.904. The van der Waals surface area contributed by atoms with Gasteiger partial charge in [0.05, 0.1) is 11.3 Å². The van der Waals surface area contributed by atoms with E-state index in [-0.39, 0.29) is 21.9 Å². The minimum atomic E-state index is -4.25. The molecule has 208 valence electrons. The molecule has 3 aromatic heterocycles. The highest BCUT2D eigenvalue weighted by atomic mass is 32.2. The Kier molecular flexibility index (Phi) is 7.83. The van der Waals surface area contributed by atoms with Gasteiger partial charge in [0.15, 0.2) is 5.03 Å². The molecule has 1 amide bonds. The number of hydrogen-bond donors (Lipinski definition) is 2. The van der Waals surface area contributed by atoms with Crippen molar-refractivity contribution in [2.24, 2.45) is 5.92 Å². The van der Waals surface area contributed by atoms with E-state index in [4.69, 9.17) is 15.7 Å². The SMILES string of the molecule is CCN(CC)c1cc(-c2ccc(C(=O)NS(=O)(=O)c3cccc(N)n3)c(N3CCC(C)C3(C)C)n2)cc(C)n1. The van der Waals surface area contributed by atoms with Gasteiger partial charge in [-0.1, -0.05) is 13.0 Å². The molecule has 1 saturated heterocycles. The molecule has 3 aromatic rings. The number of nitrogens with two attached hydrogens (primary N) is 1. The Bertz CT molecular complexity index is 1490. The highest BCUT2D eigenvalue weighted by Crippen LogP contribution is 2.39. The molecule has 1 atom stereocenters. The third-order valence-electron chi connectivity index (χ3n) is 7.63. The highest BCUT2D eigenvalue weighted by Gasteiger charge is 2.41. The average Bonchev–Trinajstić information content (AvgIpc) is 3.15. The third-order valence-corrected chi connectivity index (χ3v) is 8.87.